The van der Waals surface area contributed by atoms with Gasteiger partial charge < -0.3 is 19.1 Å². The number of fused-ring (bicyclic) bond motifs is 2. The van der Waals surface area contributed by atoms with Crippen molar-refractivity contribution in [3.8, 4) is 0 Å². The molecule has 54 heavy (non-hydrogen) atoms. The van der Waals surface area contributed by atoms with E-state index in [9.17, 15) is 9.59 Å². The molecule has 0 saturated carbocycles. The van der Waals surface area contributed by atoms with Crippen molar-refractivity contribution in [2.24, 2.45) is 10.8 Å². The lowest BCUT2D eigenvalue weighted by Gasteiger charge is -2.20. The van der Waals surface area contributed by atoms with Gasteiger partial charge in [0.15, 0.2) is 28.8 Å². The Kier molecular flexibility index (Phi) is 12.0. The summed E-state index contributed by atoms with van der Waals surface area (Å²) in [6.45, 7) is 19.6. The Morgan fingerprint density at radius 2 is 1.31 bits per heavy atom. The molecule has 0 radical (unpaired) electrons. The summed E-state index contributed by atoms with van der Waals surface area (Å²) >= 11 is 0. The van der Waals surface area contributed by atoms with Gasteiger partial charge in [-0.3, -0.25) is 14.6 Å². The van der Waals surface area contributed by atoms with E-state index < -0.39 is 18.9 Å². The van der Waals surface area contributed by atoms with Crippen LogP contribution in [0.4, 0.5) is 23.0 Å². The molecule has 0 N–H and O–H groups in total. The van der Waals surface area contributed by atoms with Crippen molar-refractivity contribution >= 4 is 59.4 Å². The lowest BCUT2D eigenvalue weighted by Crippen LogP contribution is -2.22. The van der Waals surface area contributed by atoms with Crippen LogP contribution in [0.25, 0.3) is 16.7 Å². The lowest BCUT2D eigenvalue weighted by atomic mass is 9.86. The van der Waals surface area contributed by atoms with Gasteiger partial charge in [0, 0.05) is 69.2 Å². The molecule has 284 valence electrons. The topological polar surface area (TPSA) is 106 Å². The zero-order valence-electron chi connectivity index (χ0n) is 33.8. The number of anilines is 4. The smallest absolute Gasteiger partial charge is 0.171 e. The van der Waals surface area contributed by atoms with E-state index in [1.807, 2.05) is 143 Å². The molecular formula is C43H55N7O3Si. The van der Waals surface area contributed by atoms with E-state index in [-0.39, 0.29) is 11.6 Å². The standard InChI is InChI=1S/C24H34N4O2Si.C19H21N3O/c1-24(2,3)22(29)19-16-28(17-30-13-14-31(5,6)7)23-21(19)26-20(15-25-23)27(4)18-11-9-8-10-12-18;1-19(2,3)18(23)14-10-11-15-17(14)21-16(12-20-15)22(4)13-8-6-5-7-9-13/h8-12,15-16H,13-14,17H2,1-7H3;5-10,12H,11H2,1-4H3. The van der Waals surface area contributed by atoms with Crippen LogP contribution in [0.5, 0.6) is 0 Å². The molecule has 3 heterocycles. The number of Topliss-reactive ketones (excluding diaryl/α,β-unsaturated/α-hetero) is 2. The summed E-state index contributed by atoms with van der Waals surface area (Å²) in [5.41, 5.74) is 5.29. The zero-order valence-corrected chi connectivity index (χ0v) is 34.8. The van der Waals surface area contributed by atoms with E-state index in [0.29, 0.717) is 47.9 Å². The largest absolute Gasteiger partial charge is 0.361 e. The molecule has 0 fully saturated rings. The van der Waals surface area contributed by atoms with Crippen molar-refractivity contribution < 1.29 is 14.3 Å². The fourth-order valence-corrected chi connectivity index (χ4v) is 6.57. The van der Waals surface area contributed by atoms with E-state index in [4.69, 9.17) is 14.7 Å². The van der Waals surface area contributed by atoms with Gasteiger partial charge in [-0.15, -0.1) is 0 Å². The Hall–Kier alpha value is -5.00. The van der Waals surface area contributed by atoms with Crippen LogP contribution in [0.1, 0.15) is 63.3 Å². The number of allylic oxidation sites excluding steroid dienone is 2. The minimum atomic E-state index is -1.16. The highest BCUT2D eigenvalue weighted by Gasteiger charge is 2.32. The van der Waals surface area contributed by atoms with E-state index >= 15 is 0 Å². The van der Waals surface area contributed by atoms with Crippen LogP contribution in [-0.2, 0) is 22.7 Å². The van der Waals surface area contributed by atoms with Crippen LogP contribution in [0, 0.1) is 10.8 Å². The van der Waals surface area contributed by atoms with Crippen LogP contribution in [0.15, 0.2) is 85.3 Å². The van der Waals surface area contributed by atoms with Crippen LogP contribution in [0.2, 0.25) is 25.7 Å². The SMILES string of the molecule is CN(c1ccccc1)c1cnc2c(n1)C(C(=O)C(C)(C)C)=CC2.CN(c1ccccc1)c1cnc2c(n1)c(C(=O)C(C)(C)C)cn2COCC[Si](C)(C)C. The van der Waals surface area contributed by atoms with Crippen molar-refractivity contribution in [2.75, 3.05) is 30.5 Å². The molecule has 0 atom stereocenters. The first-order valence-electron chi connectivity index (χ1n) is 18.5. The Bertz CT molecular complexity index is 2130. The van der Waals surface area contributed by atoms with Crippen molar-refractivity contribution in [3.05, 3.63) is 102 Å². The molecule has 3 aromatic heterocycles. The first-order chi connectivity index (χ1) is 25.3. The number of hydrogen-bond acceptors (Lipinski definition) is 9. The van der Waals surface area contributed by atoms with Gasteiger partial charge in [0.1, 0.15) is 12.2 Å². The quantitative estimate of drug-likeness (QED) is 0.0743. The summed E-state index contributed by atoms with van der Waals surface area (Å²) in [6.07, 6.45) is 7.99. The van der Waals surface area contributed by atoms with Gasteiger partial charge in [-0.05, 0) is 30.3 Å². The molecule has 1 aliphatic carbocycles. The molecule has 0 aliphatic heterocycles. The van der Waals surface area contributed by atoms with Gasteiger partial charge in [-0.1, -0.05) is 104 Å². The fraction of sp³-hybridized carbons (Fsp3) is 0.395. The molecule has 5 aromatic rings. The van der Waals surface area contributed by atoms with Crippen LogP contribution in [-0.4, -0.2) is 64.8 Å². The molecule has 0 spiro atoms. The Balaban J connectivity index is 0.000000217. The number of benzene rings is 2. The first-order valence-corrected chi connectivity index (χ1v) is 22.2. The molecule has 0 unspecified atom stereocenters. The summed E-state index contributed by atoms with van der Waals surface area (Å²) in [4.78, 5) is 48.5. The van der Waals surface area contributed by atoms with Crippen LogP contribution < -0.4 is 9.80 Å². The number of carbonyl (C=O) groups excluding carboxylic acids is 2. The normalized spacial score (nSPS) is 12.8. The Morgan fingerprint density at radius 3 is 1.85 bits per heavy atom. The number of ketones is 2. The molecule has 2 aromatic carbocycles. The number of aromatic nitrogens is 5. The van der Waals surface area contributed by atoms with Gasteiger partial charge in [0.05, 0.1) is 29.3 Å². The minimum absolute atomic E-state index is 0.0483. The average Bonchev–Trinajstić information content (AvgIpc) is 3.72. The zero-order chi connectivity index (χ0) is 39.4. The molecule has 10 nitrogen and oxygen atoms in total. The third-order valence-corrected chi connectivity index (χ3v) is 10.9. The maximum absolute atomic E-state index is 13.2. The molecular weight excluding hydrogens is 691 g/mol. The summed E-state index contributed by atoms with van der Waals surface area (Å²) in [5.74, 6) is 1.60. The van der Waals surface area contributed by atoms with Gasteiger partial charge in [0.2, 0.25) is 0 Å². The van der Waals surface area contributed by atoms with Crippen LogP contribution in [0.3, 0.4) is 0 Å². The van der Waals surface area contributed by atoms with E-state index in [2.05, 4.69) is 29.6 Å². The summed E-state index contributed by atoms with van der Waals surface area (Å²) in [7, 11) is 2.74. The second-order valence-electron chi connectivity index (χ2n) is 17.1. The second kappa shape index (κ2) is 16.2. The first kappa shape index (κ1) is 40.2. The molecule has 0 bridgehead atoms. The third kappa shape index (κ3) is 9.56. The number of hydrogen-bond donors (Lipinski definition) is 0. The van der Waals surface area contributed by atoms with E-state index in [1.54, 1.807) is 12.4 Å². The Labute approximate surface area is 321 Å². The molecule has 0 saturated heterocycles. The average molecular weight is 746 g/mol. The highest BCUT2D eigenvalue weighted by atomic mass is 28.3. The van der Waals surface area contributed by atoms with Gasteiger partial charge in [-0.2, -0.15) is 0 Å². The van der Waals surface area contributed by atoms with E-state index in [1.165, 1.54) is 0 Å². The molecule has 0 amide bonds. The third-order valence-electron chi connectivity index (χ3n) is 9.20. The number of rotatable bonds is 11. The van der Waals surface area contributed by atoms with Gasteiger partial charge in [-0.25, -0.2) is 15.0 Å². The minimum Gasteiger partial charge on any atom is -0.361 e. The molecule has 6 rings (SSSR count). The number of para-hydroxylation sites is 2. The molecule has 1 aliphatic rings. The highest BCUT2D eigenvalue weighted by Crippen LogP contribution is 2.34. The summed E-state index contributed by atoms with van der Waals surface area (Å²) < 4.78 is 7.84. The monoisotopic (exact) mass is 745 g/mol. The van der Waals surface area contributed by atoms with Crippen molar-refractivity contribution in [1.29, 1.82) is 0 Å². The van der Waals surface area contributed by atoms with Gasteiger partial charge in [0.25, 0.3) is 0 Å². The van der Waals surface area contributed by atoms with Crippen molar-refractivity contribution in [1.82, 2.24) is 24.5 Å². The Morgan fingerprint density at radius 1 is 0.778 bits per heavy atom. The predicted octanol–water partition coefficient (Wildman–Crippen LogP) is 9.54. The van der Waals surface area contributed by atoms with Crippen LogP contribution >= 0.6 is 0 Å². The van der Waals surface area contributed by atoms with Crippen molar-refractivity contribution in [2.45, 2.75) is 80.4 Å². The lowest BCUT2D eigenvalue weighted by molar-refractivity contribution is -0.120. The highest BCUT2D eigenvalue weighted by molar-refractivity contribution is 6.76. The fourth-order valence-electron chi connectivity index (χ4n) is 5.81. The maximum Gasteiger partial charge on any atom is 0.171 e. The molecule has 11 heteroatoms. The summed E-state index contributed by atoms with van der Waals surface area (Å²) in [5, 5.41) is 0. The second-order valence-corrected chi connectivity index (χ2v) is 22.7. The number of nitrogens with zero attached hydrogens (tertiary/aromatic N) is 7. The predicted molar refractivity (Wildman–Crippen MR) is 223 cm³/mol. The van der Waals surface area contributed by atoms with Gasteiger partial charge >= 0.3 is 0 Å². The van der Waals surface area contributed by atoms with E-state index in [0.717, 1.165) is 34.6 Å². The number of carbonyl (C=O) groups is 2. The summed E-state index contributed by atoms with van der Waals surface area (Å²) in [6, 6.07) is 21.1. The van der Waals surface area contributed by atoms with Crippen molar-refractivity contribution in [3.63, 3.8) is 0 Å². The maximum atomic E-state index is 13.2. The number of ether oxygens (including phenoxy) is 1.